The molecule has 0 bridgehead atoms. The minimum Gasteiger partial charge on any atom is -0.307 e. The normalized spacial score (nSPS) is 10.6. The van der Waals surface area contributed by atoms with Gasteiger partial charge in [0.25, 0.3) is 5.91 Å². The third kappa shape index (κ3) is 3.45. The lowest BCUT2D eigenvalue weighted by molar-refractivity contribution is 0.102. The van der Waals surface area contributed by atoms with Gasteiger partial charge in [0.2, 0.25) is 0 Å². The third-order valence-corrected chi connectivity index (χ3v) is 4.88. The number of anilines is 1. The third-order valence-electron chi connectivity index (χ3n) is 3.20. The van der Waals surface area contributed by atoms with Crippen molar-refractivity contribution >= 4 is 39.0 Å². The molecule has 0 atom stereocenters. The molecule has 0 aliphatic heterocycles. The van der Waals surface area contributed by atoms with E-state index in [4.69, 9.17) is 0 Å². The summed E-state index contributed by atoms with van der Waals surface area (Å²) < 4.78 is 2.84. The Balaban J connectivity index is 1.74. The van der Waals surface area contributed by atoms with Crippen LogP contribution in [0.1, 0.15) is 20.8 Å². The second kappa shape index (κ2) is 6.46. The fourth-order valence-corrected chi connectivity index (χ4v) is 3.47. The van der Waals surface area contributed by atoms with Gasteiger partial charge >= 0.3 is 0 Å². The predicted octanol–water partition coefficient (Wildman–Crippen LogP) is 4.32. The van der Waals surface area contributed by atoms with Crippen LogP contribution in [0.3, 0.4) is 0 Å². The molecule has 0 radical (unpaired) electrons. The predicted molar refractivity (Wildman–Crippen MR) is 92.5 cm³/mol. The molecule has 0 spiro atoms. The Kier molecular flexibility index (Phi) is 4.40. The molecule has 4 nitrogen and oxygen atoms in total. The Morgan fingerprint density at radius 3 is 2.77 bits per heavy atom. The van der Waals surface area contributed by atoms with Crippen LogP contribution in [-0.2, 0) is 6.54 Å². The number of aromatic nitrogens is 2. The fraction of sp³-hybridized carbons (Fsp3) is 0.125. The van der Waals surface area contributed by atoms with E-state index in [-0.39, 0.29) is 5.91 Å². The number of carbonyl (C=O) groups is 1. The molecule has 0 saturated heterocycles. The second-order valence-corrected chi connectivity index (χ2v) is 6.84. The van der Waals surface area contributed by atoms with Crippen molar-refractivity contribution in [3.8, 4) is 0 Å². The van der Waals surface area contributed by atoms with Crippen LogP contribution in [0, 0.1) is 6.92 Å². The van der Waals surface area contributed by atoms with Crippen molar-refractivity contribution in [3.63, 3.8) is 0 Å². The Bertz CT molecular complexity index is 792. The summed E-state index contributed by atoms with van der Waals surface area (Å²) in [5.74, 6) is 0.559. The van der Waals surface area contributed by atoms with Crippen LogP contribution < -0.4 is 5.32 Å². The van der Waals surface area contributed by atoms with Crippen molar-refractivity contribution in [2.24, 2.45) is 0 Å². The smallest absolute Gasteiger partial charge is 0.256 e. The van der Waals surface area contributed by atoms with Crippen molar-refractivity contribution < 1.29 is 4.79 Å². The van der Waals surface area contributed by atoms with Gasteiger partial charge in [0.1, 0.15) is 5.82 Å². The first-order valence-corrected chi connectivity index (χ1v) is 8.42. The number of amides is 1. The maximum absolute atomic E-state index is 12.3. The largest absolute Gasteiger partial charge is 0.307 e. The van der Waals surface area contributed by atoms with Crippen molar-refractivity contribution in [2.75, 3.05) is 5.32 Å². The Hall–Kier alpha value is -1.92. The highest BCUT2D eigenvalue weighted by Crippen LogP contribution is 2.21. The zero-order valence-electron chi connectivity index (χ0n) is 11.9. The Morgan fingerprint density at radius 1 is 1.32 bits per heavy atom. The van der Waals surface area contributed by atoms with Gasteiger partial charge < -0.3 is 5.32 Å². The van der Waals surface area contributed by atoms with E-state index in [0.717, 1.165) is 10.0 Å². The molecule has 3 rings (SSSR count). The number of nitrogens with one attached hydrogen (secondary N) is 1. The van der Waals surface area contributed by atoms with Crippen LogP contribution in [0.2, 0.25) is 0 Å². The highest BCUT2D eigenvalue weighted by Gasteiger charge is 2.10. The summed E-state index contributed by atoms with van der Waals surface area (Å²) in [5.41, 5.74) is 1.77. The number of aryl methyl sites for hydroxylation is 1. The van der Waals surface area contributed by atoms with Crippen LogP contribution in [0.15, 0.2) is 52.4 Å². The monoisotopic (exact) mass is 375 g/mol. The molecular weight excluding hydrogens is 362 g/mol. The van der Waals surface area contributed by atoms with Crippen molar-refractivity contribution in [2.45, 2.75) is 13.5 Å². The quantitative estimate of drug-likeness (QED) is 0.737. The molecule has 0 saturated carbocycles. The molecular formula is C16H14BrN3OS. The van der Waals surface area contributed by atoms with Gasteiger partial charge in [-0.1, -0.05) is 17.7 Å². The lowest BCUT2D eigenvalue weighted by Crippen LogP contribution is -2.16. The molecule has 2 heterocycles. The van der Waals surface area contributed by atoms with E-state index in [0.29, 0.717) is 17.9 Å². The van der Waals surface area contributed by atoms with Gasteiger partial charge in [0.15, 0.2) is 0 Å². The van der Waals surface area contributed by atoms with Gasteiger partial charge in [-0.25, -0.2) is 4.68 Å². The van der Waals surface area contributed by atoms with Crippen molar-refractivity contribution in [1.82, 2.24) is 9.78 Å². The summed E-state index contributed by atoms with van der Waals surface area (Å²) in [6.45, 7) is 2.63. The fourth-order valence-electron chi connectivity index (χ4n) is 2.04. The first-order chi connectivity index (χ1) is 10.6. The van der Waals surface area contributed by atoms with E-state index in [9.17, 15) is 4.79 Å². The lowest BCUT2D eigenvalue weighted by atomic mass is 10.1. The summed E-state index contributed by atoms with van der Waals surface area (Å²) in [6.07, 6.45) is 1.69. The first-order valence-electron chi connectivity index (χ1n) is 6.74. The summed E-state index contributed by atoms with van der Waals surface area (Å²) in [7, 11) is 0. The summed E-state index contributed by atoms with van der Waals surface area (Å²) in [6, 6.07) is 11.3. The lowest BCUT2D eigenvalue weighted by Gasteiger charge is -2.08. The van der Waals surface area contributed by atoms with Gasteiger partial charge in [-0.15, -0.1) is 11.3 Å². The van der Waals surface area contributed by atoms with Crippen LogP contribution in [0.5, 0.6) is 0 Å². The average molecular weight is 376 g/mol. The zero-order chi connectivity index (χ0) is 15.5. The molecule has 0 aliphatic carbocycles. The molecule has 3 aromatic rings. The van der Waals surface area contributed by atoms with Crippen molar-refractivity contribution in [3.05, 3.63) is 68.5 Å². The van der Waals surface area contributed by atoms with Gasteiger partial charge in [0, 0.05) is 26.4 Å². The van der Waals surface area contributed by atoms with Crippen LogP contribution in [0.4, 0.5) is 5.82 Å². The van der Waals surface area contributed by atoms with Crippen LogP contribution >= 0.6 is 27.3 Å². The summed E-state index contributed by atoms with van der Waals surface area (Å²) in [5, 5.41) is 9.21. The molecule has 2 aromatic heterocycles. The van der Waals surface area contributed by atoms with E-state index < -0.39 is 0 Å². The van der Waals surface area contributed by atoms with E-state index in [1.807, 2.05) is 36.6 Å². The van der Waals surface area contributed by atoms with Gasteiger partial charge in [0.05, 0.1) is 12.7 Å². The SMILES string of the molecule is Cc1ccc(C(=O)Nc2ccnn2Cc2cc(Br)cs2)cc1. The van der Waals surface area contributed by atoms with E-state index >= 15 is 0 Å². The average Bonchev–Trinajstić information content (AvgIpc) is 3.10. The summed E-state index contributed by atoms with van der Waals surface area (Å²) in [4.78, 5) is 13.4. The highest BCUT2D eigenvalue weighted by molar-refractivity contribution is 9.10. The standard InChI is InChI=1S/C16H14BrN3OS/c1-11-2-4-12(5-3-11)16(21)19-15-6-7-18-20(15)9-14-8-13(17)10-22-14/h2-8,10H,9H2,1H3,(H,19,21). The molecule has 0 aliphatic rings. The molecule has 1 amide bonds. The summed E-state index contributed by atoms with van der Waals surface area (Å²) >= 11 is 5.10. The highest BCUT2D eigenvalue weighted by atomic mass is 79.9. The molecule has 0 fully saturated rings. The van der Waals surface area contributed by atoms with Gasteiger partial charge in [-0.05, 0) is 41.1 Å². The van der Waals surface area contributed by atoms with E-state index in [1.54, 1.807) is 28.3 Å². The molecule has 6 heteroatoms. The van der Waals surface area contributed by atoms with Gasteiger partial charge in [-0.2, -0.15) is 5.10 Å². The molecule has 22 heavy (non-hydrogen) atoms. The number of thiophene rings is 1. The van der Waals surface area contributed by atoms with Gasteiger partial charge in [-0.3, -0.25) is 4.79 Å². The van der Waals surface area contributed by atoms with E-state index in [2.05, 4.69) is 32.4 Å². The molecule has 0 unspecified atom stereocenters. The van der Waals surface area contributed by atoms with E-state index in [1.165, 1.54) is 4.88 Å². The molecule has 1 N–H and O–H groups in total. The number of nitrogens with zero attached hydrogens (tertiary/aromatic N) is 2. The number of halogens is 1. The maximum atomic E-state index is 12.3. The first kappa shape index (κ1) is 15.0. The van der Waals surface area contributed by atoms with Crippen molar-refractivity contribution in [1.29, 1.82) is 0 Å². The zero-order valence-corrected chi connectivity index (χ0v) is 14.3. The Labute approximate surface area is 140 Å². The van der Waals surface area contributed by atoms with Crippen LogP contribution in [0.25, 0.3) is 0 Å². The van der Waals surface area contributed by atoms with Crippen LogP contribution in [-0.4, -0.2) is 15.7 Å². The number of rotatable bonds is 4. The second-order valence-electron chi connectivity index (χ2n) is 4.93. The maximum Gasteiger partial charge on any atom is 0.256 e. The number of hydrogen-bond donors (Lipinski definition) is 1. The number of benzene rings is 1. The number of hydrogen-bond acceptors (Lipinski definition) is 3. The minimum absolute atomic E-state index is 0.130. The molecule has 112 valence electrons. The number of carbonyl (C=O) groups excluding carboxylic acids is 1. The Morgan fingerprint density at radius 2 is 2.09 bits per heavy atom. The topological polar surface area (TPSA) is 46.9 Å². The molecule has 1 aromatic carbocycles. The minimum atomic E-state index is -0.130.